The molecule has 2 fully saturated rings. The minimum atomic E-state index is -4.68. The van der Waals surface area contributed by atoms with Crippen molar-refractivity contribution < 1.29 is 36.0 Å². The van der Waals surface area contributed by atoms with Crippen molar-refractivity contribution in [3.63, 3.8) is 0 Å². The highest BCUT2D eigenvalue weighted by atomic mass is 35.5. The Labute approximate surface area is 292 Å². The lowest BCUT2D eigenvalue weighted by Crippen LogP contribution is -2.83. The first-order chi connectivity index (χ1) is 22.9. The summed E-state index contributed by atoms with van der Waals surface area (Å²) in [4.78, 5) is 43.4. The number of amides is 3. The van der Waals surface area contributed by atoms with Gasteiger partial charge in [-0.1, -0.05) is 35.3 Å². The molecule has 3 unspecified atom stereocenters. The molecule has 2 aliphatic rings. The molecule has 3 aromatic carbocycles. The van der Waals surface area contributed by atoms with Crippen LogP contribution in [0.15, 0.2) is 71.6 Å². The van der Waals surface area contributed by atoms with Gasteiger partial charge in [0.1, 0.15) is 12.1 Å². The molecule has 0 bridgehead atoms. The summed E-state index contributed by atoms with van der Waals surface area (Å²) in [6, 6.07) is 11.0. The van der Waals surface area contributed by atoms with Gasteiger partial charge >= 0.3 is 6.18 Å². The van der Waals surface area contributed by atoms with Crippen LogP contribution in [0, 0.1) is 0 Å². The molecule has 0 radical (unpaired) electrons. The topological polar surface area (TPSA) is 119 Å². The molecule has 3 aromatic rings. The summed E-state index contributed by atoms with van der Waals surface area (Å²) in [6.45, 7) is 2.50. The Hall–Kier alpha value is -3.85. The monoisotopic (exact) mass is 739 g/mol. The number of sulfone groups is 1. The number of halogens is 5. The summed E-state index contributed by atoms with van der Waals surface area (Å²) in [5, 5.41) is 5.58. The first kappa shape index (κ1) is 36.4. The Kier molecular flexibility index (Phi) is 10.0. The van der Waals surface area contributed by atoms with Crippen molar-refractivity contribution in [2.24, 2.45) is 0 Å². The first-order valence-electron chi connectivity index (χ1n) is 15.2. The number of nitrogens with zero attached hydrogens (tertiary/aromatic N) is 3. The van der Waals surface area contributed by atoms with Gasteiger partial charge < -0.3 is 15.1 Å². The maximum absolute atomic E-state index is 14.7. The molecule has 2 N–H and O–H groups in total. The number of alkyl halides is 3. The molecule has 3 amide bonds. The summed E-state index contributed by atoms with van der Waals surface area (Å²) in [6.07, 6.45) is -4.94. The summed E-state index contributed by atoms with van der Waals surface area (Å²) in [5.74, 6) is -2.11. The Morgan fingerprint density at radius 3 is 2.20 bits per heavy atom. The molecule has 0 aromatic heterocycles. The fraction of sp³-hybridized carbons (Fsp3) is 0.364. The maximum atomic E-state index is 14.7. The van der Waals surface area contributed by atoms with Gasteiger partial charge in [-0.15, -0.1) is 0 Å². The number of fused-ring (bicyclic) bond motifs is 1. The molecular formula is C33H34Cl2F3N5O5S. The van der Waals surface area contributed by atoms with E-state index in [4.69, 9.17) is 23.2 Å². The molecule has 262 valence electrons. The molecule has 2 heterocycles. The quantitative estimate of drug-likeness (QED) is 0.347. The minimum Gasteiger partial charge on any atom is -0.378 e. The number of benzene rings is 3. The summed E-state index contributed by atoms with van der Waals surface area (Å²) < 4.78 is 69.5. The zero-order valence-corrected chi connectivity index (χ0v) is 29.2. The fourth-order valence-electron chi connectivity index (χ4n) is 6.05. The molecular weight excluding hydrogens is 706 g/mol. The Bertz CT molecular complexity index is 1870. The van der Waals surface area contributed by atoms with Gasteiger partial charge in [-0.2, -0.15) is 13.2 Å². The highest BCUT2D eigenvalue weighted by Gasteiger charge is 2.63. The van der Waals surface area contributed by atoms with Crippen molar-refractivity contribution in [3.8, 4) is 0 Å². The zero-order chi connectivity index (χ0) is 36.1. The van der Waals surface area contributed by atoms with Crippen molar-refractivity contribution >= 4 is 56.4 Å². The van der Waals surface area contributed by atoms with Crippen LogP contribution in [-0.4, -0.2) is 86.2 Å². The van der Waals surface area contributed by atoms with Crippen molar-refractivity contribution in [3.05, 3.63) is 93.5 Å². The predicted molar refractivity (Wildman–Crippen MR) is 179 cm³/mol. The number of carbonyl (C=O) groups is 3. The average molecular weight is 741 g/mol. The van der Waals surface area contributed by atoms with Gasteiger partial charge in [0.2, 0.25) is 26.6 Å². The van der Waals surface area contributed by atoms with E-state index >= 15 is 0 Å². The van der Waals surface area contributed by atoms with Gasteiger partial charge in [0.15, 0.2) is 0 Å². The lowest BCUT2D eigenvalue weighted by molar-refractivity contribution is -0.166. The molecule has 0 saturated carbocycles. The number of rotatable bonds is 8. The van der Waals surface area contributed by atoms with Crippen molar-refractivity contribution in [1.82, 2.24) is 20.4 Å². The minimum absolute atomic E-state index is 0.162. The van der Waals surface area contributed by atoms with E-state index in [9.17, 15) is 36.0 Å². The van der Waals surface area contributed by atoms with Crippen molar-refractivity contribution in [2.75, 3.05) is 32.1 Å². The molecule has 49 heavy (non-hydrogen) atoms. The third-order valence-corrected chi connectivity index (χ3v) is 11.6. The summed E-state index contributed by atoms with van der Waals surface area (Å²) >= 11 is 12.5. The van der Waals surface area contributed by atoms with E-state index in [1.165, 1.54) is 35.2 Å². The Balaban J connectivity index is 1.61. The lowest BCUT2D eigenvalue weighted by Gasteiger charge is -2.57. The van der Waals surface area contributed by atoms with E-state index < -0.39 is 69.0 Å². The van der Waals surface area contributed by atoms with E-state index in [1.807, 2.05) is 19.0 Å². The largest absolute Gasteiger partial charge is 0.416 e. The molecule has 5 rings (SSSR count). The highest BCUT2D eigenvalue weighted by molar-refractivity contribution is 7.93. The molecule has 0 spiro atoms. The van der Waals surface area contributed by atoms with Gasteiger partial charge in [0, 0.05) is 49.4 Å². The number of anilines is 1. The van der Waals surface area contributed by atoms with Gasteiger partial charge in [-0.3, -0.25) is 24.6 Å². The molecule has 2 saturated heterocycles. The lowest BCUT2D eigenvalue weighted by atomic mass is 9.95. The van der Waals surface area contributed by atoms with Gasteiger partial charge in [-0.25, -0.2) is 8.42 Å². The molecule has 2 aliphatic heterocycles. The second kappa shape index (κ2) is 13.5. The van der Waals surface area contributed by atoms with Crippen LogP contribution < -0.4 is 15.5 Å². The van der Waals surface area contributed by atoms with E-state index in [2.05, 4.69) is 10.6 Å². The number of nitrogens with one attached hydrogen (secondary N) is 2. The highest BCUT2D eigenvalue weighted by Crippen LogP contribution is 2.41. The van der Waals surface area contributed by atoms with E-state index in [0.717, 1.165) is 22.7 Å². The van der Waals surface area contributed by atoms with E-state index in [-0.39, 0.29) is 39.0 Å². The van der Waals surface area contributed by atoms with Crippen LogP contribution in [-0.2, 0) is 32.0 Å². The zero-order valence-electron chi connectivity index (χ0n) is 26.9. The fourth-order valence-corrected chi connectivity index (χ4v) is 8.74. The standard InChI is InChI=1S/C33H34Cl2F3N5O5S/c1-19(2)42-18-32(49(47,48)28-14-11-23(34)16-25(28)35)39-17-26(40-29(44)21-7-12-24(13-8-21)41(3)4)30(45)43(32)27(31(42)46)15-20-5-9-22(10-6-20)33(36,37)38/h5-14,16,19,26-27,39H,15,17-18H2,1-4H3,(H,40,44). The second-order valence-corrected chi connectivity index (χ2v) is 15.4. The number of hydrogen-bond acceptors (Lipinski definition) is 7. The normalized spacial score (nSPS) is 21.5. The molecule has 16 heteroatoms. The smallest absolute Gasteiger partial charge is 0.378 e. The van der Waals surface area contributed by atoms with Crippen molar-refractivity contribution in [2.45, 2.75) is 54.5 Å². The van der Waals surface area contributed by atoms with Crippen LogP contribution in [0.3, 0.4) is 0 Å². The van der Waals surface area contributed by atoms with Crippen LogP contribution in [0.1, 0.15) is 35.3 Å². The number of piperazine rings is 1. The third-order valence-electron chi connectivity index (χ3n) is 8.68. The molecule has 0 aliphatic carbocycles. The van der Waals surface area contributed by atoms with Gasteiger partial charge in [0.05, 0.1) is 22.0 Å². The van der Waals surface area contributed by atoms with Crippen molar-refractivity contribution in [1.29, 1.82) is 0 Å². The summed E-state index contributed by atoms with van der Waals surface area (Å²) in [7, 11) is -1.01. The average Bonchev–Trinajstić information content (AvgIpc) is 3.03. The van der Waals surface area contributed by atoms with Crippen LogP contribution in [0.2, 0.25) is 10.0 Å². The van der Waals surface area contributed by atoms with E-state index in [1.54, 1.807) is 38.1 Å². The van der Waals surface area contributed by atoms with Gasteiger partial charge in [-0.05, 0) is 74.0 Å². The second-order valence-electron chi connectivity index (χ2n) is 12.4. The maximum Gasteiger partial charge on any atom is 0.416 e. The SMILES string of the molecule is CC(C)N1CC2(S(=O)(=O)c3ccc(Cl)cc3Cl)NCC(NC(=O)c3ccc(N(C)C)cc3)C(=O)N2C(Cc2ccc(C(F)(F)F)cc2)C1=O. The molecule has 10 nitrogen and oxygen atoms in total. The summed E-state index contributed by atoms with van der Waals surface area (Å²) in [5.41, 5.74) is 0.391. The number of hydrogen-bond donors (Lipinski definition) is 2. The van der Waals surface area contributed by atoms with Gasteiger partial charge in [0.25, 0.3) is 5.91 Å². The van der Waals surface area contributed by atoms with E-state index in [0.29, 0.717) is 0 Å². The number of carbonyl (C=O) groups excluding carboxylic acids is 3. The molecule has 3 atom stereocenters. The third kappa shape index (κ3) is 6.83. The first-order valence-corrected chi connectivity index (χ1v) is 17.4. The van der Waals surface area contributed by atoms with Crippen LogP contribution in [0.4, 0.5) is 18.9 Å². The van der Waals surface area contributed by atoms with Crippen LogP contribution in [0.5, 0.6) is 0 Å². The van der Waals surface area contributed by atoms with Crippen LogP contribution >= 0.6 is 23.2 Å². The predicted octanol–water partition coefficient (Wildman–Crippen LogP) is 4.60. The van der Waals surface area contributed by atoms with Crippen LogP contribution in [0.25, 0.3) is 0 Å². The Morgan fingerprint density at radius 2 is 1.65 bits per heavy atom. The Morgan fingerprint density at radius 1 is 1.02 bits per heavy atom.